The van der Waals surface area contributed by atoms with E-state index in [1.807, 2.05) is 25.1 Å². The van der Waals surface area contributed by atoms with Gasteiger partial charge in [0, 0.05) is 17.0 Å². The maximum Gasteiger partial charge on any atom is 0.375 e. The minimum Gasteiger partial charge on any atom is -0.450 e. The molecule has 5 nitrogen and oxygen atoms in total. The van der Waals surface area contributed by atoms with E-state index in [-0.39, 0.29) is 24.3 Å². The second-order valence-electron chi connectivity index (χ2n) is 6.56. The Kier molecular flexibility index (Phi) is 4.88. The molecule has 2 aromatic rings. The Balaban J connectivity index is 1.58. The Labute approximate surface area is 141 Å². The average Bonchev–Trinajstić information content (AvgIpc) is 2.92. The normalized spacial score (nSPS) is 20.8. The average molecular weight is 329 g/mol. The maximum absolute atomic E-state index is 12.2. The molecule has 1 aromatic heterocycles. The van der Waals surface area contributed by atoms with Gasteiger partial charge in [0.25, 0.3) is 5.91 Å². The van der Waals surface area contributed by atoms with Gasteiger partial charge in [0.15, 0.2) is 6.61 Å². The van der Waals surface area contributed by atoms with Gasteiger partial charge in [-0.15, -0.1) is 0 Å². The minimum absolute atomic E-state index is 0.162. The molecular formula is C19H23NO4. The Morgan fingerprint density at radius 2 is 2.00 bits per heavy atom. The van der Waals surface area contributed by atoms with Gasteiger partial charge in [-0.25, -0.2) is 4.79 Å². The maximum atomic E-state index is 12.2. The van der Waals surface area contributed by atoms with Gasteiger partial charge in [0.2, 0.25) is 5.76 Å². The molecule has 0 unspecified atom stereocenters. The lowest BCUT2D eigenvalue weighted by Gasteiger charge is -2.29. The van der Waals surface area contributed by atoms with Crippen molar-refractivity contribution < 1.29 is 18.7 Å². The fraction of sp³-hybridized carbons (Fsp3) is 0.474. The van der Waals surface area contributed by atoms with Crippen molar-refractivity contribution in [3.8, 4) is 0 Å². The molecule has 0 bridgehead atoms. The van der Waals surface area contributed by atoms with E-state index >= 15 is 0 Å². The van der Waals surface area contributed by atoms with Gasteiger partial charge in [-0.05, 0) is 31.7 Å². The van der Waals surface area contributed by atoms with E-state index in [2.05, 4.69) is 12.2 Å². The van der Waals surface area contributed by atoms with Crippen LogP contribution in [0.1, 0.15) is 48.7 Å². The molecule has 1 aliphatic rings. The van der Waals surface area contributed by atoms with Gasteiger partial charge < -0.3 is 14.5 Å². The first kappa shape index (κ1) is 16.6. The molecule has 24 heavy (non-hydrogen) atoms. The van der Waals surface area contributed by atoms with Crippen molar-refractivity contribution in [3.63, 3.8) is 0 Å². The highest BCUT2D eigenvalue weighted by Crippen LogP contribution is 2.26. The van der Waals surface area contributed by atoms with Crippen LogP contribution in [0.15, 0.2) is 28.7 Å². The predicted octanol–water partition coefficient (Wildman–Crippen LogP) is 3.59. The van der Waals surface area contributed by atoms with E-state index in [9.17, 15) is 9.59 Å². The van der Waals surface area contributed by atoms with E-state index in [0.717, 1.165) is 30.2 Å². The molecule has 0 aliphatic heterocycles. The van der Waals surface area contributed by atoms with Gasteiger partial charge in [-0.2, -0.15) is 0 Å². The molecule has 0 radical (unpaired) electrons. The van der Waals surface area contributed by atoms with Gasteiger partial charge in [-0.3, -0.25) is 4.79 Å². The zero-order valence-corrected chi connectivity index (χ0v) is 14.1. The highest BCUT2D eigenvalue weighted by atomic mass is 16.5. The van der Waals surface area contributed by atoms with E-state index in [1.165, 1.54) is 6.42 Å². The van der Waals surface area contributed by atoms with Crippen LogP contribution < -0.4 is 5.32 Å². The number of rotatable bonds is 4. The Bertz CT molecular complexity index is 749. The van der Waals surface area contributed by atoms with Crippen LogP contribution in [0.2, 0.25) is 0 Å². The molecule has 1 aliphatic carbocycles. The number of esters is 1. The number of carbonyl (C=O) groups excluding carboxylic acids is 2. The van der Waals surface area contributed by atoms with Gasteiger partial charge in [0.05, 0.1) is 0 Å². The Morgan fingerprint density at radius 1 is 1.25 bits per heavy atom. The number of ether oxygens (including phenoxy) is 1. The quantitative estimate of drug-likeness (QED) is 0.870. The minimum atomic E-state index is -0.601. The molecule has 1 saturated carbocycles. The lowest BCUT2D eigenvalue weighted by Crippen LogP contribution is -2.42. The summed E-state index contributed by atoms with van der Waals surface area (Å²) in [6.07, 6.45) is 4.47. The third kappa shape index (κ3) is 3.45. The van der Waals surface area contributed by atoms with Crippen LogP contribution in [-0.4, -0.2) is 24.5 Å². The van der Waals surface area contributed by atoms with Crippen molar-refractivity contribution in [2.24, 2.45) is 5.92 Å². The summed E-state index contributed by atoms with van der Waals surface area (Å²) in [6, 6.07) is 7.61. The summed E-state index contributed by atoms with van der Waals surface area (Å²) in [5, 5.41) is 3.85. The third-order valence-electron chi connectivity index (χ3n) is 4.82. The highest BCUT2D eigenvalue weighted by molar-refractivity contribution is 5.96. The van der Waals surface area contributed by atoms with Gasteiger partial charge >= 0.3 is 5.97 Å². The van der Waals surface area contributed by atoms with E-state index < -0.39 is 5.97 Å². The number of amides is 1. The van der Waals surface area contributed by atoms with Gasteiger partial charge in [-0.1, -0.05) is 38.0 Å². The fourth-order valence-corrected chi connectivity index (χ4v) is 3.34. The number of hydrogen-bond acceptors (Lipinski definition) is 4. The summed E-state index contributed by atoms with van der Waals surface area (Å²) in [5.41, 5.74) is 1.37. The summed E-state index contributed by atoms with van der Waals surface area (Å²) >= 11 is 0. The van der Waals surface area contributed by atoms with Crippen LogP contribution in [-0.2, 0) is 9.53 Å². The largest absolute Gasteiger partial charge is 0.450 e. The van der Waals surface area contributed by atoms with E-state index in [4.69, 9.17) is 9.15 Å². The van der Waals surface area contributed by atoms with E-state index in [0.29, 0.717) is 11.5 Å². The zero-order valence-electron chi connectivity index (χ0n) is 14.1. The summed E-state index contributed by atoms with van der Waals surface area (Å²) < 4.78 is 10.7. The topological polar surface area (TPSA) is 68.5 Å². The van der Waals surface area contributed by atoms with Crippen LogP contribution in [0.25, 0.3) is 11.0 Å². The number of para-hydroxylation sites is 1. The Hall–Kier alpha value is -2.30. The van der Waals surface area contributed by atoms with E-state index in [1.54, 1.807) is 6.07 Å². The lowest BCUT2D eigenvalue weighted by molar-refractivity contribution is -0.125. The first-order chi connectivity index (χ1) is 11.6. The summed E-state index contributed by atoms with van der Waals surface area (Å²) in [7, 11) is 0. The van der Waals surface area contributed by atoms with Crippen LogP contribution in [0, 0.1) is 12.8 Å². The predicted molar refractivity (Wildman–Crippen MR) is 90.8 cm³/mol. The van der Waals surface area contributed by atoms with Crippen molar-refractivity contribution in [2.75, 3.05) is 6.61 Å². The first-order valence-corrected chi connectivity index (χ1v) is 8.51. The molecule has 1 fully saturated rings. The molecule has 128 valence electrons. The number of furan rings is 1. The smallest absolute Gasteiger partial charge is 0.375 e. The molecule has 3 rings (SSSR count). The Morgan fingerprint density at radius 3 is 2.75 bits per heavy atom. The molecule has 0 saturated heterocycles. The number of carbonyl (C=O) groups is 2. The standard InChI is InChI=1S/C19H23NO4/c1-12-7-3-5-9-15(12)20-17(21)11-23-19(22)18-13(2)14-8-4-6-10-16(14)24-18/h4,6,8,10,12,15H,3,5,7,9,11H2,1-2H3,(H,20,21)/t12-,15-/m0/s1. The molecule has 1 amide bonds. The van der Waals surface area contributed by atoms with Crippen LogP contribution in [0.3, 0.4) is 0 Å². The molecule has 1 N–H and O–H groups in total. The SMILES string of the molecule is Cc1c(C(=O)OCC(=O)N[C@H]2CCCC[C@@H]2C)oc2ccccc12. The highest BCUT2D eigenvalue weighted by Gasteiger charge is 2.24. The monoisotopic (exact) mass is 329 g/mol. The first-order valence-electron chi connectivity index (χ1n) is 8.51. The number of aryl methyl sites for hydroxylation is 1. The number of fused-ring (bicyclic) bond motifs is 1. The second kappa shape index (κ2) is 7.07. The third-order valence-corrected chi connectivity index (χ3v) is 4.82. The number of benzene rings is 1. The molecule has 1 heterocycles. The van der Waals surface area contributed by atoms with Gasteiger partial charge in [0.1, 0.15) is 5.58 Å². The second-order valence-corrected chi connectivity index (χ2v) is 6.56. The fourth-order valence-electron chi connectivity index (χ4n) is 3.34. The summed E-state index contributed by atoms with van der Waals surface area (Å²) in [5.74, 6) is -0.225. The van der Waals surface area contributed by atoms with Crippen LogP contribution in [0.5, 0.6) is 0 Å². The molecule has 2 atom stereocenters. The summed E-state index contributed by atoms with van der Waals surface area (Å²) in [4.78, 5) is 24.2. The van der Waals surface area contributed by atoms with Crippen molar-refractivity contribution in [3.05, 3.63) is 35.6 Å². The van der Waals surface area contributed by atoms with Crippen molar-refractivity contribution in [1.82, 2.24) is 5.32 Å². The summed E-state index contributed by atoms with van der Waals surface area (Å²) in [6.45, 7) is 3.68. The molecule has 1 aromatic carbocycles. The van der Waals surface area contributed by atoms with Crippen LogP contribution in [0.4, 0.5) is 0 Å². The van der Waals surface area contributed by atoms with Crippen molar-refractivity contribution in [1.29, 1.82) is 0 Å². The number of hydrogen-bond donors (Lipinski definition) is 1. The van der Waals surface area contributed by atoms with Crippen molar-refractivity contribution >= 4 is 22.8 Å². The number of nitrogens with one attached hydrogen (secondary N) is 1. The molecule has 5 heteroatoms. The van der Waals surface area contributed by atoms with Crippen molar-refractivity contribution in [2.45, 2.75) is 45.6 Å². The lowest BCUT2D eigenvalue weighted by atomic mass is 9.86. The zero-order chi connectivity index (χ0) is 17.1. The van der Waals surface area contributed by atoms with Crippen LogP contribution >= 0.6 is 0 Å². The molecule has 0 spiro atoms. The molecular weight excluding hydrogens is 306 g/mol.